The highest BCUT2D eigenvalue weighted by atomic mass is 32.1. The van der Waals surface area contributed by atoms with Crippen LogP contribution in [0.4, 0.5) is 5.69 Å². The van der Waals surface area contributed by atoms with Crippen LogP contribution in [0.25, 0.3) is 0 Å². The number of benzene rings is 1. The number of rotatable bonds is 4. The van der Waals surface area contributed by atoms with Gasteiger partial charge < -0.3 is 15.4 Å². The van der Waals surface area contributed by atoms with Crippen molar-refractivity contribution >= 4 is 24.2 Å². The molecule has 1 aromatic carbocycles. The molecule has 0 saturated carbocycles. The highest BCUT2D eigenvalue weighted by Crippen LogP contribution is 2.32. The molecule has 1 aromatic rings. The van der Waals surface area contributed by atoms with Gasteiger partial charge in [0, 0.05) is 6.04 Å². The van der Waals surface area contributed by atoms with Gasteiger partial charge in [0.1, 0.15) is 5.75 Å². The van der Waals surface area contributed by atoms with Gasteiger partial charge in [-0.05, 0) is 43.8 Å². The van der Waals surface area contributed by atoms with Crippen molar-refractivity contribution in [3.8, 4) is 5.75 Å². The fourth-order valence-electron chi connectivity index (χ4n) is 2.05. The summed E-state index contributed by atoms with van der Waals surface area (Å²) in [5.41, 5.74) is 1.87. The first-order valence-corrected chi connectivity index (χ1v) is 6.68. The molecule has 0 spiro atoms. The van der Waals surface area contributed by atoms with Crippen molar-refractivity contribution in [2.75, 3.05) is 18.1 Å². The lowest BCUT2D eigenvalue weighted by molar-refractivity contribution is -0.122. The van der Waals surface area contributed by atoms with Crippen molar-refractivity contribution in [3.63, 3.8) is 0 Å². The second kappa shape index (κ2) is 5.63. The standard InChI is InChI=1S/C13H18N2O2S/c1-8-13(16)15-11-7-9(3-4-12(11)17-8)10(14-2)5-6-18/h3-4,7-8,10,14,18H,5-6H2,1-2H3,(H,15,16). The maximum Gasteiger partial charge on any atom is 0.265 e. The molecule has 0 saturated heterocycles. The Kier molecular flexibility index (Phi) is 4.14. The summed E-state index contributed by atoms with van der Waals surface area (Å²) < 4.78 is 5.52. The van der Waals surface area contributed by atoms with E-state index in [4.69, 9.17) is 4.74 Å². The molecule has 0 aromatic heterocycles. The minimum Gasteiger partial charge on any atom is -0.479 e. The summed E-state index contributed by atoms with van der Waals surface area (Å²) >= 11 is 4.25. The first-order valence-electron chi connectivity index (χ1n) is 6.05. The van der Waals surface area contributed by atoms with Crippen molar-refractivity contribution in [1.29, 1.82) is 0 Å². The molecule has 98 valence electrons. The lowest BCUT2D eigenvalue weighted by Crippen LogP contribution is -2.34. The Balaban J connectivity index is 2.26. The topological polar surface area (TPSA) is 50.4 Å². The van der Waals surface area contributed by atoms with Crippen molar-refractivity contribution in [2.24, 2.45) is 0 Å². The Labute approximate surface area is 113 Å². The summed E-state index contributed by atoms with van der Waals surface area (Å²) in [5, 5.41) is 6.10. The zero-order chi connectivity index (χ0) is 13.1. The third kappa shape index (κ3) is 2.62. The average Bonchev–Trinajstić information content (AvgIpc) is 2.37. The fourth-order valence-corrected chi connectivity index (χ4v) is 2.31. The van der Waals surface area contributed by atoms with E-state index in [-0.39, 0.29) is 11.9 Å². The molecule has 2 unspecified atom stereocenters. The lowest BCUT2D eigenvalue weighted by Gasteiger charge is -2.25. The van der Waals surface area contributed by atoms with Gasteiger partial charge >= 0.3 is 0 Å². The van der Waals surface area contributed by atoms with Gasteiger partial charge in [-0.3, -0.25) is 4.79 Å². The van der Waals surface area contributed by atoms with Crippen LogP contribution >= 0.6 is 12.6 Å². The molecule has 5 heteroatoms. The van der Waals surface area contributed by atoms with Crippen LogP contribution in [0.15, 0.2) is 18.2 Å². The molecule has 1 aliphatic rings. The summed E-state index contributed by atoms with van der Waals surface area (Å²) in [7, 11) is 1.92. The molecular formula is C13H18N2O2S. The predicted molar refractivity (Wildman–Crippen MR) is 75.4 cm³/mol. The number of ether oxygens (including phenoxy) is 1. The monoisotopic (exact) mass is 266 g/mol. The fraction of sp³-hybridized carbons (Fsp3) is 0.462. The zero-order valence-electron chi connectivity index (χ0n) is 10.6. The van der Waals surface area contributed by atoms with Gasteiger partial charge in [-0.25, -0.2) is 0 Å². The zero-order valence-corrected chi connectivity index (χ0v) is 11.5. The third-order valence-corrected chi connectivity index (χ3v) is 3.36. The SMILES string of the molecule is CNC(CCS)c1ccc2c(c1)NC(=O)C(C)O2. The van der Waals surface area contributed by atoms with Crippen molar-refractivity contribution in [1.82, 2.24) is 5.32 Å². The first kappa shape index (κ1) is 13.2. The van der Waals surface area contributed by atoms with Gasteiger partial charge in [0.05, 0.1) is 5.69 Å². The largest absolute Gasteiger partial charge is 0.479 e. The van der Waals surface area contributed by atoms with E-state index in [0.29, 0.717) is 0 Å². The summed E-state index contributed by atoms with van der Waals surface area (Å²) in [5.74, 6) is 1.43. The Morgan fingerprint density at radius 1 is 1.56 bits per heavy atom. The molecule has 0 bridgehead atoms. The van der Waals surface area contributed by atoms with Crippen LogP contribution in [0.3, 0.4) is 0 Å². The Hall–Kier alpha value is -1.20. The summed E-state index contributed by atoms with van der Waals surface area (Å²) in [6.07, 6.45) is 0.504. The lowest BCUT2D eigenvalue weighted by atomic mass is 10.0. The van der Waals surface area contributed by atoms with Crippen LogP contribution in [0.5, 0.6) is 5.75 Å². The van der Waals surface area contributed by atoms with Crippen LogP contribution in [0, 0.1) is 0 Å². The molecule has 2 N–H and O–H groups in total. The van der Waals surface area contributed by atoms with Crippen molar-refractivity contribution in [3.05, 3.63) is 23.8 Å². The van der Waals surface area contributed by atoms with Gasteiger partial charge in [0.25, 0.3) is 5.91 Å². The maximum absolute atomic E-state index is 11.6. The van der Waals surface area contributed by atoms with E-state index in [0.717, 1.165) is 29.2 Å². The molecule has 1 heterocycles. The summed E-state index contributed by atoms with van der Waals surface area (Å²) in [6, 6.07) is 6.13. The van der Waals surface area contributed by atoms with E-state index in [9.17, 15) is 4.79 Å². The summed E-state index contributed by atoms with van der Waals surface area (Å²) in [6.45, 7) is 1.74. The number of fused-ring (bicyclic) bond motifs is 1. The van der Waals surface area contributed by atoms with Crippen LogP contribution in [-0.4, -0.2) is 24.8 Å². The quantitative estimate of drug-likeness (QED) is 0.730. The molecule has 1 aliphatic heterocycles. The smallest absolute Gasteiger partial charge is 0.265 e. The van der Waals surface area contributed by atoms with E-state index >= 15 is 0 Å². The van der Waals surface area contributed by atoms with Gasteiger partial charge in [0.15, 0.2) is 6.10 Å². The van der Waals surface area contributed by atoms with E-state index in [1.807, 2.05) is 25.2 Å². The van der Waals surface area contributed by atoms with E-state index in [1.165, 1.54) is 0 Å². The Morgan fingerprint density at radius 2 is 2.33 bits per heavy atom. The molecule has 4 nitrogen and oxygen atoms in total. The number of nitrogens with one attached hydrogen (secondary N) is 2. The molecule has 0 radical (unpaired) electrons. The molecule has 0 aliphatic carbocycles. The molecule has 2 atom stereocenters. The molecule has 1 amide bonds. The Morgan fingerprint density at radius 3 is 3.00 bits per heavy atom. The van der Waals surface area contributed by atoms with Crippen LogP contribution in [0.1, 0.15) is 24.9 Å². The van der Waals surface area contributed by atoms with E-state index in [2.05, 4.69) is 23.3 Å². The van der Waals surface area contributed by atoms with E-state index < -0.39 is 6.10 Å². The van der Waals surface area contributed by atoms with Crippen LogP contribution in [0.2, 0.25) is 0 Å². The molecule has 2 rings (SSSR count). The van der Waals surface area contributed by atoms with Crippen molar-refractivity contribution < 1.29 is 9.53 Å². The minimum atomic E-state index is -0.430. The van der Waals surface area contributed by atoms with Gasteiger partial charge in [-0.1, -0.05) is 6.07 Å². The third-order valence-electron chi connectivity index (χ3n) is 3.10. The number of carbonyl (C=O) groups excluding carboxylic acids is 1. The van der Waals surface area contributed by atoms with E-state index in [1.54, 1.807) is 6.92 Å². The number of hydrogen-bond donors (Lipinski definition) is 3. The second-order valence-electron chi connectivity index (χ2n) is 4.36. The second-order valence-corrected chi connectivity index (χ2v) is 4.81. The molecular weight excluding hydrogens is 248 g/mol. The average molecular weight is 266 g/mol. The van der Waals surface area contributed by atoms with Crippen LogP contribution in [-0.2, 0) is 4.79 Å². The Bertz CT molecular complexity index is 451. The van der Waals surface area contributed by atoms with Gasteiger partial charge in [-0.2, -0.15) is 12.6 Å². The molecule has 0 fully saturated rings. The number of anilines is 1. The number of hydrogen-bond acceptors (Lipinski definition) is 4. The number of amides is 1. The number of thiol groups is 1. The van der Waals surface area contributed by atoms with Gasteiger partial charge in [-0.15, -0.1) is 0 Å². The molecule has 18 heavy (non-hydrogen) atoms. The normalized spacial score (nSPS) is 19.7. The maximum atomic E-state index is 11.6. The van der Waals surface area contributed by atoms with Crippen molar-refractivity contribution in [2.45, 2.75) is 25.5 Å². The van der Waals surface area contributed by atoms with Gasteiger partial charge in [0.2, 0.25) is 0 Å². The number of carbonyl (C=O) groups is 1. The highest BCUT2D eigenvalue weighted by molar-refractivity contribution is 7.80. The summed E-state index contributed by atoms with van der Waals surface area (Å²) in [4.78, 5) is 11.6. The minimum absolute atomic E-state index is 0.102. The first-order chi connectivity index (χ1) is 8.65. The van der Waals surface area contributed by atoms with Crippen LogP contribution < -0.4 is 15.4 Å². The predicted octanol–water partition coefficient (Wildman–Crippen LogP) is 1.99. The highest BCUT2D eigenvalue weighted by Gasteiger charge is 2.24.